The fraction of sp³-hybridized carbons (Fsp3) is 0.310. The number of hydrogen-bond acceptors (Lipinski definition) is 8. The van der Waals surface area contributed by atoms with E-state index in [4.69, 9.17) is 23.8 Å². The molecule has 4 aromatic carbocycles. The molecular formula is C42H44N2O7. The molecule has 9 heteroatoms. The third-order valence-corrected chi connectivity index (χ3v) is 9.49. The highest BCUT2D eigenvalue weighted by atomic mass is 16.6. The molecule has 4 aromatic rings. The Hall–Kier alpha value is -5.41. The highest BCUT2D eigenvalue weighted by molar-refractivity contribution is 5.98. The highest BCUT2D eigenvalue weighted by Gasteiger charge is 2.43. The van der Waals surface area contributed by atoms with Gasteiger partial charge in [-0.15, -0.1) is 0 Å². The van der Waals surface area contributed by atoms with Gasteiger partial charge in [0.1, 0.15) is 42.5 Å². The molecule has 0 saturated carbocycles. The first-order chi connectivity index (χ1) is 24.8. The largest absolute Gasteiger partial charge is 0.497 e. The minimum Gasteiger partial charge on any atom is -0.497 e. The number of rotatable bonds is 11. The normalized spacial score (nSPS) is 23.1. The van der Waals surface area contributed by atoms with Gasteiger partial charge in [0.15, 0.2) is 0 Å². The molecule has 0 N–H and O–H groups in total. The predicted octanol–water partition coefficient (Wildman–Crippen LogP) is 7.65. The molecule has 2 aliphatic rings. The summed E-state index contributed by atoms with van der Waals surface area (Å²) >= 11 is 0. The third kappa shape index (κ3) is 8.49. The van der Waals surface area contributed by atoms with Crippen LogP contribution in [0.2, 0.25) is 0 Å². The van der Waals surface area contributed by atoms with Crippen molar-refractivity contribution >= 4 is 18.1 Å². The predicted molar refractivity (Wildman–Crippen MR) is 195 cm³/mol. The van der Waals surface area contributed by atoms with Crippen molar-refractivity contribution in [1.82, 2.24) is 4.90 Å². The Labute approximate surface area is 299 Å². The minimum absolute atomic E-state index is 0.143. The maximum atomic E-state index is 14.1. The SMILES string of the molecule is COC(=O)[C@@H]1CC[C@H](C)[C@@H](c2ccc(C)cc2)N1C(=O)c1ccc(C=NOC[C@H]2O[C@H](c3ccccc3)C=C[C@@H]2Oc2ccc(OC)cc2)cc1. The fourth-order valence-electron chi connectivity index (χ4n) is 6.69. The molecule has 0 bridgehead atoms. The molecule has 0 aromatic heterocycles. The lowest BCUT2D eigenvalue weighted by Crippen LogP contribution is -2.52. The average molecular weight is 689 g/mol. The van der Waals surface area contributed by atoms with Crippen molar-refractivity contribution in [2.24, 2.45) is 11.1 Å². The van der Waals surface area contributed by atoms with Crippen LogP contribution in [0.25, 0.3) is 0 Å². The van der Waals surface area contributed by atoms with Crippen LogP contribution in [0, 0.1) is 12.8 Å². The van der Waals surface area contributed by atoms with Crippen LogP contribution in [-0.2, 0) is 19.1 Å². The monoisotopic (exact) mass is 688 g/mol. The van der Waals surface area contributed by atoms with Gasteiger partial charge in [-0.05, 0) is 84.8 Å². The van der Waals surface area contributed by atoms with Crippen molar-refractivity contribution in [1.29, 1.82) is 0 Å². The van der Waals surface area contributed by atoms with Gasteiger partial charge in [0.05, 0.1) is 26.5 Å². The van der Waals surface area contributed by atoms with Crippen LogP contribution in [0.4, 0.5) is 0 Å². The van der Waals surface area contributed by atoms with Crippen LogP contribution < -0.4 is 9.47 Å². The number of nitrogens with zero attached hydrogens (tertiary/aromatic N) is 2. The zero-order valence-corrected chi connectivity index (χ0v) is 29.4. The summed E-state index contributed by atoms with van der Waals surface area (Å²) in [6.45, 7) is 4.30. The molecule has 1 amide bonds. The van der Waals surface area contributed by atoms with Crippen molar-refractivity contribution < 1.29 is 33.4 Å². The lowest BCUT2D eigenvalue weighted by Gasteiger charge is -2.44. The number of amides is 1. The van der Waals surface area contributed by atoms with Crippen molar-refractivity contribution in [3.8, 4) is 11.5 Å². The number of ether oxygens (including phenoxy) is 4. The second-order valence-electron chi connectivity index (χ2n) is 13.0. The van der Waals surface area contributed by atoms with Gasteiger partial charge in [0.25, 0.3) is 5.91 Å². The number of piperidine rings is 1. The Morgan fingerprint density at radius 2 is 1.55 bits per heavy atom. The van der Waals surface area contributed by atoms with Crippen LogP contribution in [0.5, 0.6) is 11.5 Å². The topological polar surface area (TPSA) is 95.9 Å². The summed E-state index contributed by atoms with van der Waals surface area (Å²) in [5, 5.41) is 4.22. The summed E-state index contributed by atoms with van der Waals surface area (Å²) in [5.41, 5.74) is 4.38. The van der Waals surface area contributed by atoms with Crippen LogP contribution in [-0.4, -0.2) is 62.1 Å². The van der Waals surface area contributed by atoms with Crippen molar-refractivity contribution in [2.45, 2.75) is 57.1 Å². The maximum Gasteiger partial charge on any atom is 0.328 e. The lowest BCUT2D eigenvalue weighted by molar-refractivity contribution is -0.149. The van der Waals surface area contributed by atoms with Crippen LogP contribution >= 0.6 is 0 Å². The van der Waals surface area contributed by atoms with Gasteiger partial charge in [-0.3, -0.25) is 4.79 Å². The third-order valence-electron chi connectivity index (χ3n) is 9.49. The summed E-state index contributed by atoms with van der Waals surface area (Å²) in [7, 11) is 2.99. The lowest BCUT2D eigenvalue weighted by atomic mass is 9.82. The quantitative estimate of drug-likeness (QED) is 0.0691. The number of carbonyl (C=O) groups is 2. The number of benzene rings is 4. The minimum atomic E-state index is -0.671. The highest BCUT2D eigenvalue weighted by Crippen LogP contribution is 2.40. The Morgan fingerprint density at radius 1 is 0.843 bits per heavy atom. The molecule has 0 radical (unpaired) electrons. The molecule has 0 spiro atoms. The molecular weight excluding hydrogens is 644 g/mol. The van der Waals surface area contributed by atoms with E-state index in [1.54, 1.807) is 30.4 Å². The Morgan fingerprint density at radius 3 is 2.24 bits per heavy atom. The molecule has 264 valence electrons. The number of methoxy groups -OCH3 is 2. The van der Waals surface area contributed by atoms with Gasteiger partial charge < -0.3 is 28.7 Å². The van der Waals surface area contributed by atoms with Gasteiger partial charge in [-0.1, -0.05) is 90.4 Å². The van der Waals surface area contributed by atoms with E-state index >= 15 is 0 Å². The molecule has 9 nitrogen and oxygen atoms in total. The van der Waals surface area contributed by atoms with E-state index < -0.39 is 24.2 Å². The molecule has 51 heavy (non-hydrogen) atoms. The smallest absolute Gasteiger partial charge is 0.328 e. The van der Waals surface area contributed by atoms with E-state index in [1.165, 1.54) is 7.11 Å². The van der Waals surface area contributed by atoms with E-state index in [0.29, 0.717) is 17.7 Å². The summed E-state index contributed by atoms with van der Waals surface area (Å²) in [6.07, 6.45) is 5.82. The summed E-state index contributed by atoms with van der Waals surface area (Å²) in [5.74, 6) is 0.955. The maximum absolute atomic E-state index is 14.1. The molecule has 0 unspecified atom stereocenters. The summed E-state index contributed by atoms with van der Waals surface area (Å²) in [4.78, 5) is 34.5. The van der Waals surface area contributed by atoms with Crippen molar-refractivity contribution in [3.05, 3.63) is 143 Å². The van der Waals surface area contributed by atoms with E-state index in [0.717, 1.165) is 34.4 Å². The molecule has 0 aliphatic carbocycles. The van der Waals surface area contributed by atoms with Crippen molar-refractivity contribution in [2.75, 3.05) is 20.8 Å². The van der Waals surface area contributed by atoms with Gasteiger partial charge in [-0.2, -0.15) is 0 Å². The summed E-state index contributed by atoms with van der Waals surface area (Å²) in [6, 6.07) is 31.7. The zero-order valence-electron chi connectivity index (χ0n) is 29.4. The van der Waals surface area contributed by atoms with Gasteiger partial charge in [0, 0.05) is 5.56 Å². The van der Waals surface area contributed by atoms with E-state index in [1.807, 2.05) is 110 Å². The molecule has 1 fully saturated rings. The number of oxime groups is 1. The second kappa shape index (κ2) is 16.5. The Balaban J connectivity index is 1.14. The first-order valence-corrected chi connectivity index (χ1v) is 17.3. The fourth-order valence-corrected chi connectivity index (χ4v) is 6.69. The van der Waals surface area contributed by atoms with Gasteiger partial charge in [-0.25, -0.2) is 4.79 Å². The van der Waals surface area contributed by atoms with Crippen LogP contribution in [0.15, 0.2) is 120 Å². The average Bonchev–Trinajstić information content (AvgIpc) is 3.17. The number of aryl methyl sites for hydroxylation is 1. The Bertz CT molecular complexity index is 1810. The number of carbonyl (C=O) groups excluding carboxylic acids is 2. The number of esters is 1. The first kappa shape index (κ1) is 35.4. The zero-order chi connectivity index (χ0) is 35.7. The number of hydrogen-bond donors (Lipinski definition) is 0. The first-order valence-electron chi connectivity index (χ1n) is 17.3. The standard InChI is InChI=1S/C42H44N2O7/c1-28-10-15-32(16-11-28)40-29(2)12-23-36(42(46)48-4)44(40)41(45)33-17-13-30(14-18-33)26-43-49-27-39-38(50-35-21-19-34(47-3)20-22-35)25-24-37(51-39)31-8-6-5-7-9-31/h5-11,13-22,24-26,29,36-40H,12,23,27H2,1-4H3/t29-,36-,37-,38-,39+,40-/m0/s1. The van der Waals surface area contributed by atoms with Crippen molar-refractivity contribution in [3.63, 3.8) is 0 Å². The summed E-state index contributed by atoms with van der Waals surface area (Å²) < 4.78 is 23.1. The van der Waals surface area contributed by atoms with E-state index in [-0.39, 0.29) is 30.6 Å². The van der Waals surface area contributed by atoms with Gasteiger partial charge in [0.2, 0.25) is 0 Å². The van der Waals surface area contributed by atoms with E-state index in [2.05, 4.69) is 12.1 Å². The Kier molecular flexibility index (Phi) is 11.5. The van der Waals surface area contributed by atoms with Crippen LogP contribution in [0.3, 0.4) is 0 Å². The van der Waals surface area contributed by atoms with Crippen LogP contribution in [0.1, 0.15) is 64.5 Å². The molecule has 2 heterocycles. The molecule has 6 rings (SSSR count). The second-order valence-corrected chi connectivity index (χ2v) is 13.0. The molecule has 2 aliphatic heterocycles. The van der Waals surface area contributed by atoms with E-state index in [9.17, 15) is 9.59 Å². The molecule has 6 atom stereocenters. The molecule has 1 saturated heterocycles. The number of likely N-dealkylation sites (tertiary alicyclic amines) is 1. The van der Waals surface area contributed by atoms with Gasteiger partial charge >= 0.3 is 5.97 Å².